The van der Waals surface area contributed by atoms with Crippen molar-refractivity contribution in [3.63, 3.8) is 0 Å². The van der Waals surface area contributed by atoms with Gasteiger partial charge in [-0.05, 0) is 17.5 Å². The van der Waals surface area contributed by atoms with Crippen LogP contribution in [0, 0.1) is 5.92 Å². The lowest BCUT2D eigenvalue weighted by Gasteiger charge is -2.13. The van der Waals surface area contributed by atoms with Gasteiger partial charge in [0.2, 0.25) is 0 Å². The molecule has 2 aromatic rings. The molecule has 1 aliphatic rings. The molecule has 3 rings (SSSR count). The third-order valence-electron chi connectivity index (χ3n) is 4.90. The van der Waals surface area contributed by atoms with Crippen LogP contribution in [0.15, 0.2) is 48.5 Å². The van der Waals surface area contributed by atoms with Crippen LogP contribution in [-0.2, 0) is 0 Å². The van der Waals surface area contributed by atoms with E-state index in [0.29, 0.717) is 17.5 Å². The fraction of sp³-hybridized carbons (Fsp3) is 0.364. The minimum Gasteiger partial charge on any atom is -0.293 e. The lowest BCUT2D eigenvalue weighted by molar-refractivity contribution is 0.0800. The molecule has 24 heavy (non-hydrogen) atoms. The van der Waals surface area contributed by atoms with Crippen LogP contribution in [0.3, 0.4) is 0 Å². The van der Waals surface area contributed by atoms with Crippen molar-refractivity contribution in [1.82, 2.24) is 0 Å². The Morgan fingerprint density at radius 1 is 0.667 bits per heavy atom. The Labute approximate surface area is 143 Å². The first kappa shape index (κ1) is 16.6. The van der Waals surface area contributed by atoms with Gasteiger partial charge in [0.1, 0.15) is 0 Å². The van der Waals surface area contributed by atoms with Crippen LogP contribution < -0.4 is 0 Å². The minimum absolute atomic E-state index is 0.0118. The van der Waals surface area contributed by atoms with E-state index in [1.165, 1.54) is 19.3 Å². The van der Waals surface area contributed by atoms with Crippen molar-refractivity contribution in [2.24, 2.45) is 5.92 Å². The average molecular weight is 320 g/mol. The van der Waals surface area contributed by atoms with Crippen LogP contribution >= 0.6 is 0 Å². The van der Waals surface area contributed by atoms with E-state index < -0.39 is 5.92 Å². The van der Waals surface area contributed by atoms with Gasteiger partial charge in [-0.25, -0.2) is 0 Å². The number of fused-ring (bicyclic) bond motifs is 3. The highest BCUT2D eigenvalue weighted by molar-refractivity contribution is 6.22. The Balaban J connectivity index is 1.92. The zero-order chi connectivity index (χ0) is 16.9. The highest BCUT2D eigenvalue weighted by Gasteiger charge is 2.34. The summed E-state index contributed by atoms with van der Waals surface area (Å²) in [6, 6.07) is 15.2. The minimum atomic E-state index is -0.531. The van der Waals surface area contributed by atoms with Crippen LogP contribution in [0.25, 0.3) is 11.1 Å². The molecule has 0 bridgehead atoms. The summed E-state index contributed by atoms with van der Waals surface area (Å²) in [6.07, 6.45) is 6.28. The molecular weight excluding hydrogens is 296 g/mol. The summed E-state index contributed by atoms with van der Waals surface area (Å²) in [4.78, 5) is 26.0. The van der Waals surface area contributed by atoms with Crippen LogP contribution in [0.4, 0.5) is 0 Å². The van der Waals surface area contributed by atoms with Crippen molar-refractivity contribution >= 4 is 11.6 Å². The predicted octanol–water partition coefficient (Wildman–Crippen LogP) is 5.71. The zero-order valence-corrected chi connectivity index (χ0v) is 14.3. The van der Waals surface area contributed by atoms with Gasteiger partial charge in [0.25, 0.3) is 0 Å². The number of Topliss-reactive ketones (excluding diaryl/α,β-unsaturated/α-hetero) is 2. The predicted molar refractivity (Wildman–Crippen MR) is 97.4 cm³/mol. The normalized spacial score (nSPS) is 14.2. The molecule has 2 heteroatoms. The smallest absolute Gasteiger partial charge is 0.174 e. The van der Waals surface area contributed by atoms with Gasteiger partial charge in [-0.1, -0.05) is 87.6 Å². The SMILES string of the molecule is CCCCCCCC1C(=O)c2ccccc2-c2ccccc2C1=O. The first-order valence-electron chi connectivity index (χ1n) is 9.01. The molecule has 0 fully saturated rings. The lowest BCUT2D eigenvalue weighted by Crippen LogP contribution is -2.23. The van der Waals surface area contributed by atoms with E-state index in [1.807, 2.05) is 48.5 Å². The molecule has 0 unspecified atom stereocenters. The Bertz CT molecular complexity index is 688. The van der Waals surface area contributed by atoms with Crippen molar-refractivity contribution < 1.29 is 9.59 Å². The summed E-state index contributed by atoms with van der Waals surface area (Å²) >= 11 is 0. The molecule has 0 N–H and O–H groups in total. The van der Waals surface area contributed by atoms with Gasteiger partial charge in [0.05, 0.1) is 5.92 Å². The number of carbonyl (C=O) groups excluding carboxylic acids is 2. The van der Waals surface area contributed by atoms with Gasteiger partial charge >= 0.3 is 0 Å². The summed E-state index contributed by atoms with van der Waals surface area (Å²) in [5, 5.41) is 0. The molecule has 0 saturated carbocycles. The summed E-state index contributed by atoms with van der Waals surface area (Å²) < 4.78 is 0. The topological polar surface area (TPSA) is 34.1 Å². The Hall–Kier alpha value is -2.22. The summed E-state index contributed by atoms with van der Waals surface area (Å²) in [7, 11) is 0. The Kier molecular flexibility index (Phi) is 5.24. The van der Waals surface area contributed by atoms with Crippen LogP contribution in [0.2, 0.25) is 0 Å². The first-order chi connectivity index (χ1) is 11.7. The molecule has 0 radical (unpaired) electrons. The fourth-order valence-electron chi connectivity index (χ4n) is 3.57. The second kappa shape index (κ2) is 7.57. The molecule has 1 aliphatic carbocycles. The molecule has 0 aromatic heterocycles. The molecule has 124 valence electrons. The highest BCUT2D eigenvalue weighted by Crippen LogP contribution is 2.35. The quantitative estimate of drug-likeness (QED) is 0.504. The maximum Gasteiger partial charge on any atom is 0.174 e. The third-order valence-corrected chi connectivity index (χ3v) is 4.90. The van der Waals surface area contributed by atoms with Crippen molar-refractivity contribution in [1.29, 1.82) is 0 Å². The number of hydrogen-bond acceptors (Lipinski definition) is 2. The zero-order valence-electron chi connectivity index (χ0n) is 14.3. The van der Waals surface area contributed by atoms with E-state index in [9.17, 15) is 9.59 Å². The summed E-state index contributed by atoms with van der Waals surface area (Å²) in [5.74, 6) is -0.555. The summed E-state index contributed by atoms with van der Waals surface area (Å²) in [6.45, 7) is 2.19. The van der Waals surface area contributed by atoms with Crippen molar-refractivity contribution in [3.8, 4) is 11.1 Å². The van der Waals surface area contributed by atoms with Gasteiger partial charge in [-0.3, -0.25) is 9.59 Å². The first-order valence-corrected chi connectivity index (χ1v) is 9.01. The van der Waals surface area contributed by atoms with E-state index in [-0.39, 0.29) is 11.6 Å². The number of unbranched alkanes of at least 4 members (excludes halogenated alkanes) is 4. The van der Waals surface area contributed by atoms with Crippen LogP contribution in [0.5, 0.6) is 0 Å². The highest BCUT2D eigenvalue weighted by atomic mass is 16.2. The van der Waals surface area contributed by atoms with Gasteiger partial charge in [0, 0.05) is 11.1 Å². The number of hydrogen-bond donors (Lipinski definition) is 0. The van der Waals surface area contributed by atoms with Gasteiger partial charge in [-0.15, -0.1) is 0 Å². The molecule has 0 atom stereocenters. The molecule has 2 nitrogen and oxygen atoms in total. The summed E-state index contributed by atoms with van der Waals surface area (Å²) in [5.41, 5.74) is 3.16. The van der Waals surface area contributed by atoms with Gasteiger partial charge < -0.3 is 0 Å². The van der Waals surface area contributed by atoms with Crippen molar-refractivity contribution in [2.45, 2.75) is 45.4 Å². The number of ketones is 2. The van der Waals surface area contributed by atoms with E-state index in [1.54, 1.807) is 0 Å². The van der Waals surface area contributed by atoms with E-state index in [2.05, 4.69) is 6.92 Å². The average Bonchev–Trinajstić information content (AvgIpc) is 2.71. The van der Waals surface area contributed by atoms with Crippen molar-refractivity contribution in [2.75, 3.05) is 0 Å². The van der Waals surface area contributed by atoms with Gasteiger partial charge in [0.15, 0.2) is 11.6 Å². The largest absolute Gasteiger partial charge is 0.293 e. The van der Waals surface area contributed by atoms with Crippen LogP contribution in [0.1, 0.15) is 66.2 Å². The van der Waals surface area contributed by atoms with Gasteiger partial charge in [-0.2, -0.15) is 0 Å². The number of rotatable bonds is 6. The van der Waals surface area contributed by atoms with Crippen LogP contribution in [-0.4, -0.2) is 11.6 Å². The van der Waals surface area contributed by atoms with E-state index in [4.69, 9.17) is 0 Å². The number of benzene rings is 2. The maximum atomic E-state index is 13.0. The standard InChI is InChI=1S/C22H24O2/c1-2-3-4-5-6-15-20-21(23)18-13-9-7-11-16(18)17-12-8-10-14-19(17)22(20)24/h7-14,20H,2-6,15H2,1H3. The fourth-order valence-corrected chi connectivity index (χ4v) is 3.57. The van der Waals surface area contributed by atoms with E-state index >= 15 is 0 Å². The Morgan fingerprint density at radius 2 is 1.12 bits per heavy atom. The molecule has 2 aromatic carbocycles. The molecule has 0 saturated heterocycles. The second-order valence-corrected chi connectivity index (χ2v) is 6.58. The monoisotopic (exact) mass is 320 g/mol. The Morgan fingerprint density at radius 3 is 1.62 bits per heavy atom. The molecule has 0 amide bonds. The molecule has 0 heterocycles. The van der Waals surface area contributed by atoms with Crippen molar-refractivity contribution in [3.05, 3.63) is 59.7 Å². The molecule has 0 aliphatic heterocycles. The lowest BCUT2D eigenvalue weighted by atomic mass is 9.88. The second-order valence-electron chi connectivity index (χ2n) is 6.58. The van der Waals surface area contributed by atoms with E-state index in [0.717, 1.165) is 24.0 Å². The molecular formula is C22H24O2. The third kappa shape index (κ3) is 3.19. The maximum absolute atomic E-state index is 13.0. The number of carbonyl (C=O) groups is 2. The molecule has 0 spiro atoms.